The quantitative estimate of drug-likeness (QED) is 0.462. The van der Waals surface area contributed by atoms with Crippen molar-refractivity contribution in [2.75, 3.05) is 11.9 Å². The average molecular weight is 241 g/mol. The molecule has 1 aromatic carbocycles. The van der Waals surface area contributed by atoms with Crippen molar-refractivity contribution in [3.8, 4) is 0 Å². The number of anilines is 1. The van der Waals surface area contributed by atoms with Crippen LogP contribution in [0.5, 0.6) is 0 Å². The predicted molar refractivity (Wildman–Crippen MR) is 64.1 cm³/mol. The summed E-state index contributed by atoms with van der Waals surface area (Å²) in [4.78, 5) is 12.5. The molecule has 16 heavy (non-hydrogen) atoms. The Bertz CT molecular complexity index is 418. The van der Waals surface area contributed by atoms with Crippen LogP contribution in [0.3, 0.4) is 0 Å². The summed E-state index contributed by atoms with van der Waals surface area (Å²) in [6.45, 7) is 0. The van der Waals surface area contributed by atoms with Crippen LogP contribution in [0.2, 0.25) is 0 Å². The second kappa shape index (κ2) is 4.29. The Morgan fingerprint density at radius 2 is 2.25 bits per heavy atom. The number of alkyl halides is 1. The van der Waals surface area contributed by atoms with Gasteiger partial charge in [0, 0.05) is 30.4 Å². The van der Waals surface area contributed by atoms with Crippen LogP contribution in [0, 0.1) is 10.1 Å². The highest BCUT2D eigenvalue weighted by Gasteiger charge is 2.27. The highest BCUT2D eigenvalue weighted by molar-refractivity contribution is 6.17. The molecular weight excluding hydrogens is 228 g/mol. The van der Waals surface area contributed by atoms with E-state index >= 15 is 0 Å². The second-order valence-corrected chi connectivity index (χ2v) is 4.31. The molecule has 0 amide bonds. The Balaban J connectivity index is 2.31. The first kappa shape index (κ1) is 11.2. The number of halogens is 1. The van der Waals surface area contributed by atoms with Crippen molar-refractivity contribution < 1.29 is 4.92 Å². The van der Waals surface area contributed by atoms with Crippen LogP contribution in [0.4, 0.5) is 11.4 Å². The van der Waals surface area contributed by atoms with E-state index in [9.17, 15) is 10.1 Å². The summed E-state index contributed by atoms with van der Waals surface area (Å²) in [5.74, 6) is 0.169. The smallest absolute Gasteiger partial charge is 0.273 e. The Morgan fingerprint density at radius 3 is 2.75 bits per heavy atom. The fraction of sp³-hybridized carbons (Fsp3) is 0.455. The fourth-order valence-electron chi connectivity index (χ4n) is 1.75. The molecular formula is C11H13ClN2O2. The molecule has 1 aromatic rings. The van der Waals surface area contributed by atoms with Crippen LogP contribution in [-0.4, -0.2) is 18.0 Å². The summed E-state index contributed by atoms with van der Waals surface area (Å²) >= 11 is 5.73. The van der Waals surface area contributed by atoms with E-state index in [4.69, 9.17) is 11.6 Å². The molecule has 0 aliphatic heterocycles. The van der Waals surface area contributed by atoms with E-state index in [1.165, 1.54) is 18.9 Å². The summed E-state index contributed by atoms with van der Waals surface area (Å²) in [6.07, 6.45) is 2.40. The van der Waals surface area contributed by atoms with Gasteiger partial charge in [-0.2, -0.15) is 0 Å². The number of hydrogen-bond acceptors (Lipinski definition) is 3. The Hall–Kier alpha value is -1.29. The van der Waals surface area contributed by atoms with Crippen LogP contribution >= 0.6 is 11.6 Å². The van der Waals surface area contributed by atoms with Gasteiger partial charge in [0.2, 0.25) is 0 Å². The van der Waals surface area contributed by atoms with Gasteiger partial charge in [-0.1, -0.05) is 0 Å². The third-order valence-corrected chi connectivity index (χ3v) is 3.19. The van der Waals surface area contributed by atoms with E-state index in [1.807, 2.05) is 13.1 Å². The largest absolute Gasteiger partial charge is 0.372 e. The Kier molecular flexibility index (Phi) is 3.01. The van der Waals surface area contributed by atoms with Gasteiger partial charge in [-0.3, -0.25) is 10.1 Å². The number of benzene rings is 1. The molecule has 0 heterocycles. The molecule has 0 bridgehead atoms. The molecule has 1 aliphatic rings. The normalized spacial score (nSPS) is 14.9. The van der Waals surface area contributed by atoms with Crippen LogP contribution < -0.4 is 4.90 Å². The molecule has 0 unspecified atom stereocenters. The van der Waals surface area contributed by atoms with Gasteiger partial charge in [-0.05, 0) is 25.0 Å². The highest BCUT2D eigenvalue weighted by Crippen LogP contribution is 2.32. The number of rotatable bonds is 4. The first-order valence-electron chi connectivity index (χ1n) is 5.19. The topological polar surface area (TPSA) is 46.4 Å². The minimum Gasteiger partial charge on any atom is -0.372 e. The molecule has 0 radical (unpaired) electrons. The average Bonchev–Trinajstić information content (AvgIpc) is 3.10. The molecule has 86 valence electrons. The van der Waals surface area contributed by atoms with Crippen molar-refractivity contribution in [1.29, 1.82) is 0 Å². The third-order valence-electron chi connectivity index (χ3n) is 2.91. The number of nitro benzene ring substituents is 1. The van der Waals surface area contributed by atoms with E-state index in [0.29, 0.717) is 11.6 Å². The number of nitro groups is 1. The lowest BCUT2D eigenvalue weighted by Gasteiger charge is -2.19. The van der Waals surface area contributed by atoms with Crippen molar-refractivity contribution >= 4 is 23.0 Å². The van der Waals surface area contributed by atoms with E-state index in [0.717, 1.165) is 5.69 Å². The molecule has 1 aliphatic carbocycles. The van der Waals surface area contributed by atoms with Gasteiger partial charge < -0.3 is 4.90 Å². The van der Waals surface area contributed by atoms with Crippen LogP contribution in [0.25, 0.3) is 0 Å². The SMILES string of the molecule is CN(c1ccc([N+](=O)[O-])c(CCl)c1)C1CC1. The summed E-state index contributed by atoms with van der Waals surface area (Å²) in [5, 5.41) is 10.7. The zero-order valence-electron chi connectivity index (χ0n) is 9.02. The van der Waals surface area contributed by atoms with Crippen molar-refractivity contribution in [3.63, 3.8) is 0 Å². The van der Waals surface area contributed by atoms with Gasteiger partial charge >= 0.3 is 0 Å². The molecule has 0 saturated heterocycles. The van der Waals surface area contributed by atoms with Crippen LogP contribution in [0.1, 0.15) is 18.4 Å². The summed E-state index contributed by atoms with van der Waals surface area (Å²) in [6, 6.07) is 5.71. The lowest BCUT2D eigenvalue weighted by molar-refractivity contribution is -0.385. The Morgan fingerprint density at radius 1 is 1.56 bits per heavy atom. The maximum atomic E-state index is 10.7. The van der Waals surface area contributed by atoms with Gasteiger partial charge in [0.1, 0.15) is 0 Å². The van der Waals surface area contributed by atoms with E-state index in [2.05, 4.69) is 4.90 Å². The first-order chi connectivity index (χ1) is 7.63. The van der Waals surface area contributed by atoms with E-state index in [-0.39, 0.29) is 11.6 Å². The van der Waals surface area contributed by atoms with Crippen LogP contribution in [-0.2, 0) is 5.88 Å². The minimum atomic E-state index is -0.390. The zero-order chi connectivity index (χ0) is 11.7. The number of hydrogen-bond donors (Lipinski definition) is 0. The van der Waals surface area contributed by atoms with Gasteiger partial charge in [-0.15, -0.1) is 11.6 Å². The second-order valence-electron chi connectivity index (χ2n) is 4.05. The third kappa shape index (κ3) is 2.11. The monoisotopic (exact) mass is 240 g/mol. The molecule has 0 spiro atoms. The van der Waals surface area contributed by atoms with Crippen molar-refractivity contribution in [2.24, 2.45) is 0 Å². The van der Waals surface area contributed by atoms with Crippen LogP contribution in [0.15, 0.2) is 18.2 Å². The molecule has 0 N–H and O–H groups in total. The van der Waals surface area contributed by atoms with Gasteiger partial charge in [0.15, 0.2) is 0 Å². The minimum absolute atomic E-state index is 0.1000. The Labute approximate surface area is 99.0 Å². The maximum Gasteiger partial charge on any atom is 0.273 e. The van der Waals surface area contributed by atoms with Gasteiger partial charge in [-0.25, -0.2) is 0 Å². The summed E-state index contributed by atoms with van der Waals surface area (Å²) in [7, 11) is 2.01. The summed E-state index contributed by atoms with van der Waals surface area (Å²) in [5.41, 5.74) is 1.68. The van der Waals surface area contributed by atoms with Gasteiger partial charge in [0.05, 0.1) is 10.8 Å². The standard InChI is InChI=1S/C11H13ClN2O2/c1-13(9-2-3-9)10-4-5-11(14(15)16)8(6-10)7-12/h4-6,9H,2-3,7H2,1H3. The maximum absolute atomic E-state index is 10.7. The first-order valence-corrected chi connectivity index (χ1v) is 5.73. The molecule has 0 atom stereocenters. The fourth-order valence-corrected chi connectivity index (χ4v) is 1.96. The van der Waals surface area contributed by atoms with Crippen molar-refractivity contribution in [3.05, 3.63) is 33.9 Å². The highest BCUT2D eigenvalue weighted by atomic mass is 35.5. The van der Waals surface area contributed by atoms with Crippen molar-refractivity contribution in [2.45, 2.75) is 24.8 Å². The van der Waals surface area contributed by atoms with Crippen molar-refractivity contribution in [1.82, 2.24) is 0 Å². The predicted octanol–water partition coefficient (Wildman–Crippen LogP) is 2.93. The molecule has 1 saturated carbocycles. The lowest BCUT2D eigenvalue weighted by atomic mass is 10.1. The lowest BCUT2D eigenvalue weighted by Crippen LogP contribution is -2.19. The zero-order valence-corrected chi connectivity index (χ0v) is 9.78. The molecule has 2 rings (SSSR count). The summed E-state index contributed by atoms with van der Waals surface area (Å²) < 4.78 is 0. The molecule has 5 heteroatoms. The molecule has 0 aromatic heterocycles. The van der Waals surface area contributed by atoms with E-state index < -0.39 is 4.92 Å². The number of nitrogens with zero attached hydrogens (tertiary/aromatic N) is 2. The molecule has 1 fully saturated rings. The molecule has 4 nitrogen and oxygen atoms in total. The van der Waals surface area contributed by atoms with Gasteiger partial charge in [0.25, 0.3) is 5.69 Å². The van der Waals surface area contributed by atoms with E-state index in [1.54, 1.807) is 6.07 Å².